The number of hydrogen-bond acceptors (Lipinski definition) is 1. The van der Waals surface area contributed by atoms with Gasteiger partial charge in [-0.05, 0) is 6.07 Å². The molecule has 0 heterocycles. The molecule has 0 amide bonds. The van der Waals surface area contributed by atoms with Crippen molar-refractivity contribution in [3.8, 4) is 0 Å². The molecule has 5 heteroatoms. The van der Waals surface area contributed by atoms with Gasteiger partial charge in [0.05, 0.1) is 0 Å². The van der Waals surface area contributed by atoms with Crippen molar-refractivity contribution < 1.29 is 18.3 Å². The standard InChI is InChI=1S/C7H4F3NO/c8-7(9,10)5-3-1-2-4-6(5)11-12/h1-4H/p+1. The number of rotatable bonds is 1. The molecule has 0 saturated carbocycles. The van der Waals surface area contributed by atoms with Crippen LogP contribution in [0.1, 0.15) is 5.56 Å². The predicted molar refractivity (Wildman–Crippen MR) is 35.4 cm³/mol. The van der Waals surface area contributed by atoms with E-state index < -0.39 is 17.4 Å². The lowest BCUT2D eigenvalue weighted by atomic mass is 10.2. The third-order valence-corrected chi connectivity index (χ3v) is 1.34. The molecule has 0 radical (unpaired) electrons. The van der Waals surface area contributed by atoms with Gasteiger partial charge in [-0.1, -0.05) is 12.1 Å². The van der Waals surface area contributed by atoms with Crippen LogP contribution in [0.5, 0.6) is 0 Å². The summed E-state index contributed by atoms with van der Waals surface area (Å²) in [4.78, 5) is 10.0. The molecule has 0 atom stereocenters. The molecule has 64 valence electrons. The zero-order valence-corrected chi connectivity index (χ0v) is 5.85. The summed E-state index contributed by atoms with van der Waals surface area (Å²) < 4.78 is 36.2. The Bertz CT molecular complexity index is 295. The average Bonchev–Trinajstić information content (AvgIpc) is 2.03. The van der Waals surface area contributed by atoms with Crippen LogP contribution in [0.2, 0.25) is 0 Å². The zero-order valence-electron chi connectivity index (χ0n) is 5.85. The van der Waals surface area contributed by atoms with Crippen LogP contribution >= 0.6 is 0 Å². The first-order valence-electron chi connectivity index (χ1n) is 3.10. The van der Waals surface area contributed by atoms with Gasteiger partial charge in [-0.3, -0.25) is 0 Å². The lowest BCUT2D eigenvalue weighted by molar-refractivity contribution is -0.382. The average molecular weight is 176 g/mol. The largest absolute Gasteiger partial charge is 0.422 e. The molecule has 0 fully saturated rings. The van der Waals surface area contributed by atoms with Crippen molar-refractivity contribution in [3.63, 3.8) is 0 Å². The molecule has 0 spiro atoms. The number of para-hydroxylation sites is 1. The first-order valence-corrected chi connectivity index (χ1v) is 3.10. The van der Waals surface area contributed by atoms with Crippen LogP contribution in [0, 0.1) is 4.91 Å². The number of alkyl halides is 3. The number of benzene rings is 1. The van der Waals surface area contributed by atoms with Gasteiger partial charge in [-0.2, -0.15) is 13.2 Å². The molecule has 0 bridgehead atoms. The Hall–Kier alpha value is -1.39. The summed E-state index contributed by atoms with van der Waals surface area (Å²) in [6.07, 6.45) is -4.48. The lowest BCUT2D eigenvalue weighted by Crippen LogP contribution is -2.56. The Morgan fingerprint density at radius 1 is 1.17 bits per heavy atom. The Morgan fingerprint density at radius 2 is 1.75 bits per heavy atom. The van der Waals surface area contributed by atoms with Gasteiger partial charge in [-0.15, -0.1) is 0 Å². The van der Waals surface area contributed by atoms with E-state index in [1.165, 1.54) is 17.3 Å². The first-order chi connectivity index (χ1) is 5.55. The first kappa shape index (κ1) is 8.70. The minimum absolute atomic E-state index is 0.454. The van der Waals surface area contributed by atoms with Crippen LogP contribution in [-0.4, -0.2) is 0 Å². The van der Waals surface area contributed by atoms with E-state index in [4.69, 9.17) is 0 Å². The second-order valence-corrected chi connectivity index (χ2v) is 2.15. The highest BCUT2D eigenvalue weighted by molar-refractivity contribution is 5.40. The maximum absolute atomic E-state index is 12.1. The molecule has 0 aliphatic heterocycles. The summed E-state index contributed by atoms with van der Waals surface area (Å²) in [5.41, 5.74) is -1.40. The fraction of sp³-hybridized carbons (Fsp3) is 0.143. The SMILES string of the molecule is O=[NH+]c1ccccc1C(F)(F)F. The van der Waals surface area contributed by atoms with E-state index in [-0.39, 0.29) is 0 Å². The smallest absolute Gasteiger partial charge is 0.166 e. The topological polar surface area (TPSA) is 31.0 Å². The second kappa shape index (κ2) is 2.92. The molecule has 1 aromatic carbocycles. The van der Waals surface area contributed by atoms with Crippen molar-refractivity contribution in [2.75, 3.05) is 0 Å². The third kappa shape index (κ3) is 1.61. The third-order valence-electron chi connectivity index (χ3n) is 1.34. The monoisotopic (exact) mass is 176 g/mol. The second-order valence-electron chi connectivity index (χ2n) is 2.15. The van der Waals surface area contributed by atoms with E-state index in [1.807, 2.05) is 0 Å². The van der Waals surface area contributed by atoms with E-state index in [9.17, 15) is 18.1 Å². The molecule has 0 aliphatic rings. The van der Waals surface area contributed by atoms with Gasteiger partial charge in [0.15, 0.2) is 0 Å². The zero-order chi connectivity index (χ0) is 9.19. The summed E-state index contributed by atoms with van der Waals surface area (Å²) in [6, 6.07) is 4.51. The van der Waals surface area contributed by atoms with Crippen molar-refractivity contribution in [3.05, 3.63) is 34.7 Å². The van der Waals surface area contributed by atoms with Crippen LogP contribution in [0.15, 0.2) is 24.3 Å². The Kier molecular flexibility index (Phi) is 2.12. The Balaban J connectivity index is 3.23. The van der Waals surface area contributed by atoms with E-state index in [0.29, 0.717) is 0 Å². The normalized spacial score (nSPS) is 11.2. The van der Waals surface area contributed by atoms with Gasteiger partial charge in [-0.25, -0.2) is 0 Å². The highest BCUT2D eigenvalue weighted by atomic mass is 19.4. The molecule has 12 heavy (non-hydrogen) atoms. The van der Waals surface area contributed by atoms with Crippen molar-refractivity contribution in [2.24, 2.45) is 0 Å². The van der Waals surface area contributed by atoms with Gasteiger partial charge >= 0.3 is 6.18 Å². The summed E-state index contributed by atoms with van der Waals surface area (Å²) in [5, 5.41) is 1.23. The van der Waals surface area contributed by atoms with Crippen molar-refractivity contribution in [1.29, 1.82) is 0 Å². The van der Waals surface area contributed by atoms with Crippen LogP contribution < -0.4 is 5.18 Å². The molecule has 2 nitrogen and oxygen atoms in total. The molecule has 0 aromatic heterocycles. The lowest BCUT2D eigenvalue weighted by Gasteiger charge is -2.03. The highest BCUT2D eigenvalue weighted by Crippen LogP contribution is 2.32. The van der Waals surface area contributed by atoms with E-state index in [2.05, 4.69) is 0 Å². The Labute approximate surface area is 66.0 Å². The number of nitrogens with one attached hydrogen (secondary N) is 1. The molecule has 0 unspecified atom stereocenters. The number of nitroso groups, excluding NO2 is 1. The van der Waals surface area contributed by atoms with Crippen LogP contribution in [0.3, 0.4) is 0 Å². The van der Waals surface area contributed by atoms with Gasteiger partial charge in [0.2, 0.25) is 0 Å². The molecule has 1 N–H and O–H groups in total. The Morgan fingerprint density at radius 3 is 2.17 bits per heavy atom. The maximum Gasteiger partial charge on any atom is 0.422 e. The molecule has 0 saturated heterocycles. The molecular formula is C7H5F3NO+. The summed E-state index contributed by atoms with van der Waals surface area (Å²) in [7, 11) is 0. The highest BCUT2D eigenvalue weighted by Gasteiger charge is 2.36. The minimum atomic E-state index is -4.48. The minimum Gasteiger partial charge on any atom is -0.166 e. The van der Waals surface area contributed by atoms with E-state index >= 15 is 0 Å². The summed E-state index contributed by atoms with van der Waals surface area (Å²) in [5.74, 6) is 0. The van der Waals surface area contributed by atoms with E-state index in [1.54, 1.807) is 0 Å². The fourth-order valence-electron chi connectivity index (χ4n) is 0.819. The predicted octanol–water partition coefficient (Wildman–Crippen LogP) is 1.18. The number of halogens is 3. The molecule has 1 aromatic rings. The maximum atomic E-state index is 12.1. The van der Waals surface area contributed by atoms with Gasteiger partial charge in [0, 0.05) is 16.2 Å². The van der Waals surface area contributed by atoms with Crippen molar-refractivity contribution >= 4 is 5.69 Å². The fourth-order valence-corrected chi connectivity index (χ4v) is 0.819. The van der Waals surface area contributed by atoms with E-state index in [0.717, 1.165) is 12.1 Å². The van der Waals surface area contributed by atoms with Gasteiger partial charge < -0.3 is 0 Å². The summed E-state index contributed by atoms with van der Waals surface area (Å²) in [6.45, 7) is 0. The van der Waals surface area contributed by atoms with Gasteiger partial charge in [0.1, 0.15) is 5.56 Å². The molecular weight excluding hydrogens is 171 g/mol. The van der Waals surface area contributed by atoms with Crippen LogP contribution in [0.4, 0.5) is 18.9 Å². The molecule has 0 aliphatic carbocycles. The summed E-state index contributed by atoms with van der Waals surface area (Å²) >= 11 is 0. The number of hydrogen-bond donors (Lipinski definition) is 1. The van der Waals surface area contributed by atoms with Crippen molar-refractivity contribution in [1.82, 2.24) is 0 Å². The van der Waals surface area contributed by atoms with Crippen LogP contribution in [-0.2, 0) is 6.18 Å². The van der Waals surface area contributed by atoms with Gasteiger partial charge in [0.25, 0.3) is 5.69 Å². The van der Waals surface area contributed by atoms with Crippen molar-refractivity contribution in [2.45, 2.75) is 6.18 Å². The molecule has 1 rings (SSSR count). The van der Waals surface area contributed by atoms with Crippen LogP contribution in [0.25, 0.3) is 0 Å². The quantitative estimate of drug-likeness (QED) is 0.684.